The van der Waals surface area contributed by atoms with Crippen molar-refractivity contribution < 1.29 is 35.1 Å². The Kier molecular flexibility index (Phi) is 5.19. The summed E-state index contributed by atoms with van der Waals surface area (Å²) in [5.41, 5.74) is -1.02. The van der Waals surface area contributed by atoms with Crippen molar-refractivity contribution in [1.82, 2.24) is 5.32 Å². The summed E-state index contributed by atoms with van der Waals surface area (Å²) in [5, 5.41) is 1.93. The van der Waals surface area contributed by atoms with Gasteiger partial charge in [0.2, 0.25) is 0 Å². The largest absolute Gasteiger partial charge is 0.402 e. The second-order valence-corrected chi connectivity index (χ2v) is 4.26. The Labute approximate surface area is 114 Å². The van der Waals surface area contributed by atoms with Crippen molar-refractivity contribution in [2.75, 3.05) is 6.54 Å². The van der Waals surface area contributed by atoms with Crippen LogP contribution in [0.5, 0.6) is 0 Å². The molecule has 0 spiro atoms. The molecule has 0 heterocycles. The van der Waals surface area contributed by atoms with Crippen molar-refractivity contribution in [2.24, 2.45) is 5.92 Å². The molecule has 0 aliphatic rings. The van der Waals surface area contributed by atoms with E-state index in [0.717, 1.165) is 0 Å². The predicted octanol–water partition coefficient (Wildman–Crippen LogP) is 4.36. The van der Waals surface area contributed by atoms with Gasteiger partial charge in [-0.3, -0.25) is 0 Å². The van der Waals surface area contributed by atoms with E-state index < -0.39 is 41.5 Å². The van der Waals surface area contributed by atoms with Gasteiger partial charge in [0.15, 0.2) is 5.92 Å². The second kappa shape index (κ2) is 6.17. The molecule has 1 unspecified atom stereocenters. The molecule has 0 saturated carbocycles. The molecule has 0 aliphatic carbocycles. The standard InChI is InChI=1S/C12H11F8N/c1-2-21-9(7-5-6(13)3-4-8(7)14)10(11(15,16)17)12(18,19)20/h3-5,9-10,21H,2H2,1H3. The molecule has 21 heavy (non-hydrogen) atoms. The average molecular weight is 321 g/mol. The first-order chi connectivity index (χ1) is 9.48. The molecule has 1 aromatic carbocycles. The summed E-state index contributed by atoms with van der Waals surface area (Å²) in [6.45, 7) is 0.970. The summed E-state index contributed by atoms with van der Waals surface area (Å²) in [7, 11) is 0. The van der Waals surface area contributed by atoms with Crippen molar-refractivity contribution in [3.05, 3.63) is 35.4 Å². The number of rotatable bonds is 4. The smallest absolute Gasteiger partial charge is 0.309 e. The highest BCUT2D eigenvalue weighted by Crippen LogP contribution is 2.46. The number of hydrogen-bond acceptors (Lipinski definition) is 1. The van der Waals surface area contributed by atoms with Gasteiger partial charge in [0.05, 0.1) is 6.04 Å². The minimum Gasteiger partial charge on any atom is -0.309 e. The van der Waals surface area contributed by atoms with E-state index in [2.05, 4.69) is 0 Å². The van der Waals surface area contributed by atoms with Crippen LogP contribution in [0.4, 0.5) is 35.1 Å². The molecule has 1 atom stereocenters. The first kappa shape index (κ1) is 17.7. The van der Waals surface area contributed by atoms with E-state index in [9.17, 15) is 35.1 Å². The van der Waals surface area contributed by atoms with Gasteiger partial charge in [0.25, 0.3) is 0 Å². The van der Waals surface area contributed by atoms with Gasteiger partial charge in [-0.05, 0) is 24.7 Å². The summed E-state index contributed by atoms with van der Waals surface area (Å²) < 4.78 is 103. The molecule has 0 aromatic heterocycles. The number of hydrogen-bond donors (Lipinski definition) is 1. The minimum absolute atomic E-state index is 0.288. The van der Waals surface area contributed by atoms with Crippen LogP contribution in [0.1, 0.15) is 18.5 Å². The number of halogens is 8. The number of alkyl halides is 6. The molecule has 0 saturated heterocycles. The summed E-state index contributed by atoms with van der Waals surface area (Å²) in [4.78, 5) is 0. The topological polar surface area (TPSA) is 12.0 Å². The van der Waals surface area contributed by atoms with Gasteiger partial charge >= 0.3 is 12.4 Å². The van der Waals surface area contributed by atoms with Gasteiger partial charge in [-0.2, -0.15) is 26.3 Å². The highest BCUT2D eigenvalue weighted by molar-refractivity contribution is 5.24. The lowest BCUT2D eigenvalue weighted by Crippen LogP contribution is -2.46. The van der Waals surface area contributed by atoms with Gasteiger partial charge in [-0.15, -0.1) is 0 Å². The molecule has 1 N–H and O–H groups in total. The quantitative estimate of drug-likeness (QED) is 0.813. The Morgan fingerprint density at radius 2 is 1.52 bits per heavy atom. The third-order valence-electron chi connectivity index (χ3n) is 2.76. The Morgan fingerprint density at radius 3 is 1.95 bits per heavy atom. The normalized spacial score (nSPS) is 14.6. The minimum atomic E-state index is -5.66. The zero-order valence-electron chi connectivity index (χ0n) is 10.6. The van der Waals surface area contributed by atoms with Crippen LogP contribution in [-0.4, -0.2) is 18.9 Å². The molecule has 1 aromatic rings. The molecular formula is C12H11F8N. The first-order valence-electron chi connectivity index (χ1n) is 5.80. The third kappa shape index (κ3) is 4.29. The number of benzene rings is 1. The molecular weight excluding hydrogens is 310 g/mol. The van der Waals surface area contributed by atoms with Crippen LogP contribution >= 0.6 is 0 Å². The lowest BCUT2D eigenvalue weighted by Gasteiger charge is -2.31. The maximum Gasteiger partial charge on any atom is 0.402 e. The van der Waals surface area contributed by atoms with Crippen LogP contribution in [-0.2, 0) is 0 Å². The fourth-order valence-electron chi connectivity index (χ4n) is 1.94. The Morgan fingerprint density at radius 1 is 1.00 bits per heavy atom. The highest BCUT2D eigenvalue weighted by atomic mass is 19.4. The van der Waals surface area contributed by atoms with Crippen molar-refractivity contribution >= 4 is 0 Å². The van der Waals surface area contributed by atoms with Crippen LogP contribution < -0.4 is 5.32 Å². The van der Waals surface area contributed by atoms with Gasteiger partial charge in [-0.25, -0.2) is 8.78 Å². The summed E-state index contributed by atoms with van der Waals surface area (Å²) in [6, 6.07) is -1.05. The summed E-state index contributed by atoms with van der Waals surface area (Å²) in [6.07, 6.45) is -11.3. The van der Waals surface area contributed by atoms with Gasteiger partial charge in [-0.1, -0.05) is 6.92 Å². The second-order valence-electron chi connectivity index (χ2n) is 4.26. The molecule has 0 bridgehead atoms. The van der Waals surface area contributed by atoms with Crippen molar-refractivity contribution in [3.8, 4) is 0 Å². The molecule has 0 radical (unpaired) electrons. The lowest BCUT2D eigenvalue weighted by atomic mass is 9.91. The van der Waals surface area contributed by atoms with E-state index in [1.54, 1.807) is 0 Å². The van der Waals surface area contributed by atoms with Crippen LogP contribution in [0, 0.1) is 17.6 Å². The van der Waals surface area contributed by atoms with E-state index in [1.807, 2.05) is 5.32 Å². The lowest BCUT2D eigenvalue weighted by molar-refractivity contribution is -0.292. The summed E-state index contributed by atoms with van der Waals surface area (Å²) in [5.74, 6) is -6.32. The molecule has 9 heteroatoms. The molecule has 0 aliphatic heterocycles. The van der Waals surface area contributed by atoms with E-state index in [4.69, 9.17) is 0 Å². The molecule has 0 amide bonds. The highest BCUT2D eigenvalue weighted by Gasteiger charge is 2.60. The Balaban J connectivity index is 3.41. The molecule has 1 rings (SSSR count). The fraction of sp³-hybridized carbons (Fsp3) is 0.500. The Bertz CT molecular complexity index is 465. The van der Waals surface area contributed by atoms with E-state index in [-0.39, 0.29) is 6.54 Å². The number of nitrogens with one attached hydrogen (secondary N) is 1. The van der Waals surface area contributed by atoms with E-state index in [0.29, 0.717) is 18.2 Å². The maximum atomic E-state index is 13.5. The SMILES string of the molecule is CCNC(c1cc(F)ccc1F)C(C(F)(F)F)C(F)(F)F. The van der Waals surface area contributed by atoms with Crippen LogP contribution in [0.3, 0.4) is 0 Å². The van der Waals surface area contributed by atoms with Crippen molar-refractivity contribution in [2.45, 2.75) is 25.3 Å². The first-order valence-corrected chi connectivity index (χ1v) is 5.80. The van der Waals surface area contributed by atoms with Gasteiger partial charge in [0, 0.05) is 5.56 Å². The molecule has 120 valence electrons. The van der Waals surface area contributed by atoms with Crippen LogP contribution in [0.2, 0.25) is 0 Å². The monoisotopic (exact) mass is 321 g/mol. The predicted molar refractivity (Wildman–Crippen MR) is 58.4 cm³/mol. The fourth-order valence-corrected chi connectivity index (χ4v) is 1.94. The van der Waals surface area contributed by atoms with Crippen LogP contribution in [0.15, 0.2) is 18.2 Å². The summed E-state index contributed by atoms with van der Waals surface area (Å²) >= 11 is 0. The molecule has 1 nitrogen and oxygen atoms in total. The van der Waals surface area contributed by atoms with E-state index >= 15 is 0 Å². The average Bonchev–Trinajstić information content (AvgIpc) is 2.28. The van der Waals surface area contributed by atoms with Gasteiger partial charge in [0.1, 0.15) is 11.6 Å². The maximum absolute atomic E-state index is 13.5. The van der Waals surface area contributed by atoms with Gasteiger partial charge < -0.3 is 5.32 Å². The zero-order chi connectivity index (χ0) is 16.4. The molecule has 0 fully saturated rings. The van der Waals surface area contributed by atoms with Crippen LogP contribution in [0.25, 0.3) is 0 Å². The van der Waals surface area contributed by atoms with E-state index in [1.165, 1.54) is 6.92 Å². The Hall–Kier alpha value is -1.38. The van der Waals surface area contributed by atoms with Crippen molar-refractivity contribution in [1.29, 1.82) is 0 Å². The zero-order valence-corrected chi connectivity index (χ0v) is 10.6. The third-order valence-corrected chi connectivity index (χ3v) is 2.76. The van der Waals surface area contributed by atoms with Crippen molar-refractivity contribution in [3.63, 3.8) is 0 Å².